The number of hydrogen-bond donors (Lipinski definition) is 2. The van der Waals surface area contributed by atoms with Gasteiger partial charge in [0.2, 0.25) is 5.95 Å². The molecule has 0 saturated carbocycles. The third kappa shape index (κ3) is 3.82. The van der Waals surface area contributed by atoms with E-state index >= 15 is 0 Å². The monoisotopic (exact) mass is 376 g/mol. The number of benzene rings is 1. The minimum atomic E-state index is -0.0657. The van der Waals surface area contributed by atoms with E-state index in [1.54, 1.807) is 0 Å². The summed E-state index contributed by atoms with van der Waals surface area (Å²) in [4.78, 5) is 11.3. The summed E-state index contributed by atoms with van der Waals surface area (Å²) in [6, 6.07) is 8.41. The SMILES string of the molecule is Cc1cc(N2CCc3cc(Br)ccc3C2)nc(N[C@@H](C)CO)n1. The van der Waals surface area contributed by atoms with E-state index in [1.807, 2.05) is 19.9 Å². The minimum Gasteiger partial charge on any atom is -0.394 e. The highest BCUT2D eigenvalue weighted by Gasteiger charge is 2.19. The Balaban J connectivity index is 1.83. The number of halogens is 1. The summed E-state index contributed by atoms with van der Waals surface area (Å²) in [5.41, 5.74) is 3.66. The summed E-state index contributed by atoms with van der Waals surface area (Å²) in [6.45, 7) is 5.72. The molecule has 2 heterocycles. The quantitative estimate of drug-likeness (QED) is 0.858. The summed E-state index contributed by atoms with van der Waals surface area (Å²) in [5.74, 6) is 1.50. The van der Waals surface area contributed by atoms with E-state index < -0.39 is 0 Å². The maximum absolute atomic E-state index is 9.18. The molecule has 2 N–H and O–H groups in total. The molecule has 2 aromatic rings. The van der Waals surface area contributed by atoms with Gasteiger partial charge >= 0.3 is 0 Å². The van der Waals surface area contributed by atoms with E-state index in [4.69, 9.17) is 0 Å². The van der Waals surface area contributed by atoms with Crippen LogP contribution in [0.15, 0.2) is 28.7 Å². The van der Waals surface area contributed by atoms with Gasteiger partial charge in [-0.3, -0.25) is 0 Å². The number of aliphatic hydroxyl groups excluding tert-OH is 1. The number of rotatable bonds is 4. The highest BCUT2D eigenvalue weighted by Crippen LogP contribution is 2.26. The average molecular weight is 377 g/mol. The average Bonchev–Trinajstić information content (AvgIpc) is 2.53. The molecule has 1 aromatic heterocycles. The number of aliphatic hydroxyl groups is 1. The van der Waals surface area contributed by atoms with Gasteiger partial charge in [-0.15, -0.1) is 0 Å². The van der Waals surface area contributed by atoms with Crippen molar-refractivity contribution in [3.8, 4) is 0 Å². The van der Waals surface area contributed by atoms with Crippen LogP contribution in [0.2, 0.25) is 0 Å². The highest BCUT2D eigenvalue weighted by atomic mass is 79.9. The lowest BCUT2D eigenvalue weighted by molar-refractivity contribution is 0.281. The molecule has 0 amide bonds. The van der Waals surface area contributed by atoms with E-state index in [2.05, 4.69) is 54.3 Å². The minimum absolute atomic E-state index is 0.0542. The molecular weight excluding hydrogens is 356 g/mol. The van der Waals surface area contributed by atoms with Crippen LogP contribution in [0.3, 0.4) is 0 Å². The van der Waals surface area contributed by atoms with Crippen molar-refractivity contribution in [2.24, 2.45) is 0 Å². The summed E-state index contributed by atoms with van der Waals surface area (Å²) in [7, 11) is 0. The van der Waals surface area contributed by atoms with Gasteiger partial charge in [0.05, 0.1) is 6.61 Å². The lowest BCUT2D eigenvalue weighted by Gasteiger charge is -2.30. The molecule has 0 saturated heterocycles. The van der Waals surface area contributed by atoms with Crippen LogP contribution in [0.5, 0.6) is 0 Å². The van der Waals surface area contributed by atoms with Crippen LogP contribution in [-0.2, 0) is 13.0 Å². The second kappa shape index (κ2) is 6.84. The Morgan fingerprint density at radius 2 is 2.13 bits per heavy atom. The van der Waals surface area contributed by atoms with E-state index in [9.17, 15) is 5.11 Å². The molecule has 1 aliphatic heterocycles. The molecule has 23 heavy (non-hydrogen) atoms. The maximum atomic E-state index is 9.18. The van der Waals surface area contributed by atoms with Gasteiger partial charge in [0.15, 0.2) is 0 Å². The Hall–Kier alpha value is -1.66. The van der Waals surface area contributed by atoms with Crippen LogP contribution in [0.4, 0.5) is 11.8 Å². The number of anilines is 2. The van der Waals surface area contributed by atoms with E-state index in [-0.39, 0.29) is 12.6 Å². The second-order valence-electron chi connectivity index (χ2n) is 6.00. The maximum Gasteiger partial charge on any atom is 0.225 e. The molecule has 0 fully saturated rings. The number of nitrogens with one attached hydrogen (secondary N) is 1. The summed E-state index contributed by atoms with van der Waals surface area (Å²) >= 11 is 3.54. The first-order chi connectivity index (χ1) is 11.0. The van der Waals surface area contributed by atoms with Gasteiger partial charge < -0.3 is 15.3 Å². The number of hydrogen-bond acceptors (Lipinski definition) is 5. The van der Waals surface area contributed by atoms with Gasteiger partial charge in [-0.25, -0.2) is 4.98 Å². The van der Waals surface area contributed by atoms with Gasteiger partial charge in [0.1, 0.15) is 5.82 Å². The Morgan fingerprint density at radius 1 is 1.30 bits per heavy atom. The zero-order valence-electron chi connectivity index (χ0n) is 13.4. The number of aromatic nitrogens is 2. The van der Waals surface area contributed by atoms with Crippen LogP contribution < -0.4 is 10.2 Å². The zero-order chi connectivity index (χ0) is 16.4. The standard InChI is InChI=1S/C17H21BrN4O/c1-11-7-16(21-17(19-11)20-12(2)10-23)22-6-5-13-8-15(18)4-3-14(13)9-22/h3-4,7-8,12,23H,5-6,9-10H2,1-2H3,(H,19,20,21)/t12-/m0/s1. The predicted molar refractivity (Wildman–Crippen MR) is 95.8 cm³/mol. The van der Waals surface area contributed by atoms with E-state index in [1.165, 1.54) is 11.1 Å². The largest absolute Gasteiger partial charge is 0.394 e. The van der Waals surface area contributed by atoms with Crippen LogP contribution in [0, 0.1) is 6.92 Å². The molecule has 1 aliphatic rings. The van der Waals surface area contributed by atoms with Gasteiger partial charge in [0, 0.05) is 35.4 Å². The first-order valence-electron chi connectivity index (χ1n) is 7.80. The molecule has 1 aromatic carbocycles. The van der Waals surface area contributed by atoms with Crippen LogP contribution in [-0.4, -0.2) is 34.3 Å². The molecule has 0 aliphatic carbocycles. The number of nitrogens with zero attached hydrogens (tertiary/aromatic N) is 3. The molecule has 122 valence electrons. The van der Waals surface area contributed by atoms with Crippen molar-refractivity contribution >= 4 is 27.7 Å². The van der Waals surface area contributed by atoms with Crippen molar-refractivity contribution < 1.29 is 5.11 Å². The van der Waals surface area contributed by atoms with Crippen molar-refractivity contribution in [3.63, 3.8) is 0 Å². The fourth-order valence-electron chi connectivity index (χ4n) is 2.76. The van der Waals surface area contributed by atoms with Crippen LogP contribution >= 0.6 is 15.9 Å². The first-order valence-corrected chi connectivity index (χ1v) is 8.60. The normalized spacial score (nSPS) is 15.2. The summed E-state index contributed by atoms with van der Waals surface area (Å²) in [5, 5.41) is 12.3. The molecular formula is C17H21BrN4O. The summed E-state index contributed by atoms with van der Waals surface area (Å²) < 4.78 is 1.13. The first kappa shape index (κ1) is 16.2. The van der Waals surface area contributed by atoms with Gasteiger partial charge in [-0.2, -0.15) is 4.98 Å². The fraction of sp³-hybridized carbons (Fsp3) is 0.412. The topological polar surface area (TPSA) is 61.3 Å². The molecule has 0 bridgehead atoms. The smallest absolute Gasteiger partial charge is 0.225 e. The van der Waals surface area contributed by atoms with Crippen molar-refractivity contribution in [2.75, 3.05) is 23.4 Å². The third-order valence-electron chi connectivity index (χ3n) is 3.99. The summed E-state index contributed by atoms with van der Waals surface area (Å²) in [6.07, 6.45) is 1.01. The fourth-order valence-corrected chi connectivity index (χ4v) is 3.17. The molecule has 6 heteroatoms. The predicted octanol–water partition coefficient (Wildman–Crippen LogP) is 2.90. The van der Waals surface area contributed by atoms with Gasteiger partial charge in [0.25, 0.3) is 0 Å². The number of aryl methyl sites for hydroxylation is 1. The Bertz CT molecular complexity index is 707. The van der Waals surface area contributed by atoms with E-state index in [0.717, 1.165) is 35.5 Å². The Kier molecular flexibility index (Phi) is 4.82. The van der Waals surface area contributed by atoms with Crippen LogP contribution in [0.25, 0.3) is 0 Å². The molecule has 0 radical (unpaired) electrons. The third-order valence-corrected chi connectivity index (χ3v) is 4.49. The van der Waals surface area contributed by atoms with Gasteiger partial charge in [-0.05, 0) is 43.5 Å². The molecule has 0 spiro atoms. The highest BCUT2D eigenvalue weighted by molar-refractivity contribution is 9.10. The van der Waals surface area contributed by atoms with Crippen molar-refractivity contribution in [2.45, 2.75) is 32.9 Å². The number of fused-ring (bicyclic) bond motifs is 1. The van der Waals surface area contributed by atoms with Gasteiger partial charge in [-0.1, -0.05) is 22.0 Å². The molecule has 1 atom stereocenters. The van der Waals surface area contributed by atoms with Crippen LogP contribution in [0.1, 0.15) is 23.7 Å². The molecule has 5 nitrogen and oxygen atoms in total. The lowest BCUT2D eigenvalue weighted by Crippen LogP contribution is -2.31. The zero-order valence-corrected chi connectivity index (χ0v) is 15.0. The van der Waals surface area contributed by atoms with Crippen molar-refractivity contribution in [3.05, 3.63) is 45.6 Å². The molecule has 3 rings (SSSR count). The van der Waals surface area contributed by atoms with E-state index in [0.29, 0.717) is 5.95 Å². The second-order valence-corrected chi connectivity index (χ2v) is 6.92. The van der Waals surface area contributed by atoms with Crippen molar-refractivity contribution in [1.82, 2.24) is 9.97 Å². The Morgan fingerprint density at radius 3 is 2.91 bits per heavy atom. The molecule has 0 unspecified atom stereocenters. The lowest BCUT2D eigenvalue weighted by atomic mass is 10.00. The van der Waals surface area contributed by atoms with Crippen molar-refractivity contribution in [1.29, 1.82) is 0 Å². The Labute approximate surface area is 144 Å².